The number of halogens is 3. The minimum Gasteiger partial charge on any atom is -0.335 e. The van der Waals surface area contributed by atoms with E-state index in [1.165, 1.54) is 30.3 Å². The number of piperazine rings is 1. The van der Waals surface area contributed by atoms with E-state index in [2.05, 4.69) is 0 Å². The topological polar surface area (TPSA) is 40.6 Å². The highest BCUT2D eigenvalue weighted by Gasteiger charge is 2.26. The zero-order valence-electron chi connectivity index (χ0n) is 13.2. The first-order chi connectivity index (χ1) is 12.0. The Labute approximate surface area is 148 Å². The van der Waals surface area contributed by atoms with Crippen LogP contribution in [0.1, 0.15) is 20.7 Å². The molecule has 2 aromatic rings. The second-order valence-electron chi connectivity index (χ2n) is 5.72. The van der Waals surface area contributed by atoms with Crippen molar-refractivity contribution in [2.75, 3.05) is 26.2 Å². The molecule has 0 spiro atoms. The van der Waals surface area contributed by atoms with Crippen LogP contribution in [0.3, 0.4) is 0 Å². The Kier molecular flexibility index (Phi) is 4.99. The highest BCUT2D eigenvalue weighted by molar-refractivity contribution is 6.33. The molecule has 3 rings (SSSR count). The fourth-order valence-electron chi connectivity index (χ4n) is 2.75. The number of rotatable bonds is 2. The smallest absolute Gasteiger partial charge is 0.255 e. The van der Waals surface area contributed by atoms with Crippen molar-refractivity contribution in [2.45, 2.75) is 0 Å². The van der Waals surface area contributed by atoms with Gasteiger partial charge in [-0.2, -0.15) is 0 Å². The number of nitrogens with zero attached hydrogens (tertiary/aromatic N) is 2. The van der Waals surface area contributed by atoms with Gasteiger partial charge in [-0.05, 0) is 36.4 Å². The Bertz CT molecular complexity index is 820. The summed E-state index contributed by atoms with van der Waals surface area (Å²) < 4.78 is 26.4. The van der Waals surface area contributed by atoms with Gasteiger partial charge in [0.2, 0.25) is 0 Å². The SMILES string of the molecule is O=C(c1cccc(F)c1)N1CCN(C(=O)c2ccc(F)cc2Cl)CC1. The molecule has 0 radical (unpaired) electrons. The van der Waals surface area contributed by atoms with Crippen molar-refractivity contribution in [1.29, 1.82) is 0 Å². The first-order valence-corrected chi connectivity index (χ1v) is 8.12. The van der Waals surface area contributed by atoms with Crippen molar-refractivity contribution < 1.29 is 18.4 Å². The predicted molar refractivity (Wildman–Crippen MR) is 89.6 cm³/mol. The summed E-state index contributed by atoms with van der Waals surface area (Å²) >= 11 is 5.93. The van der Waals surface area contributed by atoms with Crippen molar-refractivity contribution in [3.63, 3.8) is 0 Å². The average molecular weight is 365 g/mol. The molecule has 130 valence electrons. The van der Waals surface area contributed by atoms with Gasteiger partial charge in [0, 0.05) is 31.7 Å². The zero-order valence-corrected chi connectivity index (χ0v) is 14.0. The molecule has 1 saturated heterocycles. The van der Waals surface area contributed by atoms with Gasteiger partial charge in [-0.25, -0.2) is 8.78 Å². The van der Waals surface area contributed by atoms with E-state index in [0.29, 0.717) is 26.2 Å². The molecule has 1 aliphatic heterocycles. The van der Waals surface area contributed by atoms with Gasteiger partial charge < -0.3 is 9.80 Å². The third-order valence-electron chi connectivity index (χ3n) is 4.09. The number of amides is 2. The lowest BCUT2D eigenvalue weighted by Crippen LogP contribution is -2.50. The van der Waals surface area contributed by atoms with E-state index in [4.69, 9.17) is 11.6 Å². The molecule has 0 saturated carbocycles. The van der Waals surface area contributed by atoms with E-state index < -0.39 is 11.6 Å². The summed E-state index contributed by atoms with van der Waals surface area (Å²) in [7, 11) is 0. The third kappa shape index (κ3) is 3.79. The van der Waals surface area contributed by atoms with Crippen LogP contribution in [0.2, 0.25) is 5.02 Å². The van der Waals surface area contributed by atoms with Crippen LogP contribution in [0.4, 0.5) is 8.78 Å². The molecule has 1 fully saturated rings. The van der Waals surface area contributed by atoms with Crippen LogP contribution in [0.5, 0.6) is 0 Å². The quantitative estimate of drug-likeness (QED) is 0.821. The fourth-order valence-corrected chi connectivity index (χ4v) is 3.00. The fraction of sp³-hybridized carbons (Fsp3) is 0.222. The molecule has 7 heteroatoms. The number of carbonyl (C=O) groups excluding carboxylic acids is 2. The molecular formula is C18H15ClF2N2O2. The number of hydrogen-bond donors (Lipinski definition) is 0. The molecule has 0 aliphatic carbocycles. The maximum atomic E-state index is 13.3. The highest BCUT2D eigenvalue weighted by atomic mass is 35.5. The molecule has 0 aromatic heterocycles. The maximum absolute atomic E-state index is 13.3. The van der Waals surface area contributed by atoms with Crippen molar-refractivity contribution >= 4 is 23.4 Å². The molecule has 25 heavy (non-hydrogen) atoms. The second-order valence-corrected chi connectivity index (χ2v) is 6.13. The van der Waals surface area contributed by atoms with E-state index >= 15 is 0 Å². The summed E-state index contributed by atoms with van der Waals surface area (Å²) in [5.74, 6) is -1.55. The highest BCUT2D eigenvalue weighted by Crippen LogP contribution is 2.20. The lowest BCUT2D eigenvalue weighted by Gasteiger charge is -2.35. The molecule has 0 atom stereocenters. The first kappa shape index (κ1) is 17.4. The largest absolute Gasteiger partial charge is 0.335 e. The van der Waals surface area contributed by atoms with Crippen LogP contribution in [-0.2, 0) is 0 Å². The van der Waals surface area contributed by atoms with E-state index in [1.807, 2.05) is 0 Å². The van der Waals surface area contributed by atoms with Gasteiger partial charge in [0.1, 0.15) is 11.6 Å². The van der Waals surface area contributed by atoms with Crippen LogP contribution in [-0.4, -0.2) is 47.8 Å². The predicted octanol–water partition coefficient (Wildman–Crippen LogP) is 3.22. The second kappa shape index (κ2) is 7.19. The van der Waals surface area contributed by atoms with Crippen molar-refractivity contribution in [3.05, 3.63) is 70.2 Å². The normalized spacial score (nSPS) is 14.5. The van der Waals surface area contributed by atoms with Gasteiger partial charge in [0.05, 0.1) is 10.6 Å². The minimum atomic E-state index is -0.507. The van der Waals surface area contributed by atoms with Gasteiger partial charge >= 0.3 is 0 Å². The summed E-state index contributed by atoms with van der Waals surface area (Å²) in [6.45, 7) is 1.32. The Morgan fingerprint density at radius 1 is 0.840 bits per heavy atom. The lowest BCUT2D eigenvalue weighted by molar-refractivity contribution is 0.0535. The van der Waals surface area contributed by atoms with Crippen LogP contribution in [0.15, 0.2) is 42.5 Å². The van der Waals surface area contributed by atoms with E-state index in [-0.39, 0.29) is 28.0 Å². The van der Waals surface area contributed by atoms with Gasteiger partial charge in [0.15, 0.2) is 0 Å². The van der Waals surface area contributed by atoms with E-state index in [1.54, 1.807) is 15.9 Å². The molecule has 1 aliphatic rings. The molecule has 0 N–H and O–H groups in total. The van der Waals surface area contributed by atoms with Crippen LogP contribution < -0.4 is 0 Å². The van der Waals surface area contributed by atoms with Crippen molar-refractivity contribution in [1.82, 2.24) is 9.80 Å². The molecule has 2 aromatic carbocycles. The van der Waals surface area contributed by atoms with Gasteiger partial charge in [0.25, 0.3) is 11.8 Å². The van der Waals surface area contributed by atoms with Gasteiger partial charge in [-0.1, -0.05) is 17.7 Å². The monoisotopic (exact) mass is 364 g/mol. The molecule has 4 nitrogen and oxygen atoms in total. The minimum absolute atomic E-state index is 0.0586. The number of carbonyl (C=O) groups is 2. The van der Waals surface area contributed by atoms with Crippen LogP contribution in [0.25, 0.3) is 0 Å². The molecule has 2 amide bonds. The Balaban J connectivity index is 1.65. The van der Waals surface area contributed by atoms with Crippen LogP contribution in [0, 0.1) is 11.6 Å². The molecule has 1 heterocycles. The summed E-state index contributed by atoms with van der Waals surface area (Å²) in [5, 5.41) is 0.0586. The molecule has 0 unspecified atom stereocenters. The molecule has 0 bridgehead atoms. The van der Waals surface area contributed by atoms with Crippen molar-refractivity contribution in [2.24, 2.45) is 0 Å². The van der Waals surface area contributed by atoms with E-state index in [9.17, 15) is 18.4 Å². The van der Waals surface area contributed by atoms with Gasteiger partial charge in [-0.3, -0.25) is 9.59 Å². The lowest BCUT2D eigenvalue weighted by atomic mass is 10.1. The van der Waals surface area contributed by atoms with Crippen molar-refractivity contribution in [3.8, 4) is 0 Å². The summed E-state index contributed by atoms with van der Waals surface area (Å²) in [4.78, 5) is 28.0. The number of benzene rings is 2. The summed E-state index contributed by atoms with van der Waals surface area (Å²) in [5.41, 5.74) is 0.509. The average Bonchev–Trinajstić information content (AvgIpc) is 2.61. The standard InChI is InChI=1S/C18H15ClF2N2O2/c19-16-11-14(21)4-5-15(16)18(25)23-8-6-22(7-9-23)17(24)12-2-1-3-13(20)10-12/h1-5,10-11H,6-9H2. The number of hydrogen-bond acceptors (Lipinski definition) is 2. The molecular weight excluding hydrogens is 350 g/mol. The van der Waals surface area contributed by atoms with Gasteiger partial charge in [-0.15, -0.1) is 0 Å². The third-order valence-corrected chi connectivity index (χ3v) is 4.40. The van der Waals surface area contributed by atoms with E-state index in [0.717, 1.165) is 6.07 Å². The maximum Gasteiger partial charge on any atom is 0.255 e. The Morgan fingerprint density at radius 2 is 1.44 bits per heavy atom. The Hall–Kier alpha value is -2.47. The zero-order chi connectivity index (χ0) is 18.0. The Morgan fingerprint density at radius 3 is 2.04 bits per heavy atom. The van der Waals surface area contributed by atoms with Crippen LogP contribution >= 0.6 is 11.6 Å². The summed E-state index contributed by atoms with van der Waals surface area (Å²) in [6, 6.07) is 9.14. The first-order valence-electron chi connectivity index (χ1n) is 7.75. The summed E-state index contributed by atoms with van der Waals surface area (Å²) in [6.07, 6.45) is 0.